The molecule has 1 aliphatic heterocycles. The summed E-state index contributed by atoms with van der Waals surface area (Å²) in [4.78, 5) is 33.1. The molecule has 248 valence electrons. The number of halogens is 5. The summed E-state index contributed by atoms with van der Waals surface area (Å²) in [5.74, 6) is -0.329. The van der Waals surface area contributed by atoms with E-state index < -0.39 is 12.1 Å². The maximum atomic E-state index is 13.7. The van der Waals surface area contributed by atoms with Crippen LogP contribution in [-0.4, -0.2) is 56.9 Å². The fourth-order valence-electron chi connectivity index (χ4n) is 6.82. The lowest BCUT2D eigenvalue weighted by Crippen LogP contribution is -2.40. The summed E-state index contributed by atoms with van der Waals surface area (Å²) in [5, 5.41) is 16.2. The van der Waals surface area contributed by atoms with E-state index in [0.29, 0.717) is 50.2 Å². The molecule has 2 amide bonds. The van der Waals surface area contributed by atoms with Crippen LogP contribution in [-0.2, 0) is 13.6 Å². The van der Waals surface area contributed by atoms with Crippen LogP contribution in [0, 0.1) is 17.8 Å². The van der Waals surface area contributed by atoms with Gasteiger partial charge in [-0.2, -0.15) is 18.3 Å². The van der Waals surface area contributed by atoms with E-state index in [0.717, 1.165) is 24.3 Å². The maximum absolute atomic E-state index is 13.7. The Kier molecular flexibility index (Phi) is 8.23. The van der Waals surface area contributed by atoms with Crippen LogP contribution in [0.4, 0.5) is 30.5 Å². The third-order valence-corrected chi connectivity index (χ3v) is 10.4. The molecule has 0 spiro atoms. The van der Waals surface area contributed by atoms with Crippen molar-refractivity contribution in [2.45, 2.75) is 50.9 Å². The highest BCUT2D eigenvalue weighted by Gasteiger charge is 2.46. The van der Waals surface area contributed by atoms with Crippen LogP contribution in [0.15, 0.2) is 36.5 Å². The Balaban J connectivity index is 1.14. The van der Waals surface area contributed by atoms with Gasteiger partial charge >= 0.3 is 6.18 Å². The molecule has 3 aliphatic rings. The van der Waals surface area contributed by atoms with E-state index in [-0.39, 0.29) is 55.8 Å². The third-order valence-electron chi connectivity index (χ3n) is 9.67. The lowest BCUT2D eigenvalue weighted by atomic mass is 9.85. The van der Waals surface area contributed by atoms with Gasteiger partial charge in [-0.25, -0.2) is 4.98 Å². The van der Waals surface area contributed by atoms with Crippen LogP contribution in [0.3, 0.4) is 0 Å². The number of fused-ring (bicyclic) bond motifs is 2. The number of anilines is 3. The molecule has 2 aromatic carbocycles. The van der Waals surface area contributed by atoms with Gasteiger partial charge in [-0.15, -0.1) is 0 Å². The highest BCUT2D eigenvalue weighted by atomic mass is 35.5. The normalized spacial score (nSPS) is 22.3. The van der Waals surface area contributed by atoms with Gasteiger partial charge in [0.1, 0.15) is 5.69 Å². The molecule has 0 bridgehead atoms. The summed E-state index contributed by atoms with van der Waals surface area (Å²) < 4.78 is 41.5. The van der Waals surface area contributed by atoms with Crippen LogP contribution in [0.2, 0.25) is 10.0 Å². The average molecular weight is 690 g/mol. The van der Waals surface area contributed by atoms with Gasteiger partial charge in [0.2, 0.25) is 5.95 Å². The van der Waals surface area contributed by atoms with Gasteiger partial charge in [0.25, 0.3) is 11.8 Å². The number of carbonyl (C=O) groups is 2. The Morgan fingerprint density at radius 1 is 1.04 bits per heavy atom. The second-order valence-electron chi connectivity index (χ2n) is 12.7. The number of amides is 2. The van der Waals surface area contributed by atoms with Crippen molar-refractivity contribution in [3.8, 4) is 0 Å². The van der Waals surface area contributed by atoms with Gasteiger partial charge in [-0.3, -0.25) is 14.7 Å². The molecule has 3 fully saturated rings. The number of piperidine rings is 1. The van der Waals surface area contributed by atoms with Crippen molar-refractivity contribution in [3.63, 3.8) is 0 Å². The summed E-state index contributed by atoms with van der Waals surface area (Å²) >= 11 is 13.3. The summed E-state index contributed by atoms with van der Waals surface area (Å²) in [7, 11) is 1.84. The summed E-state index contributed by atoms with van der Waals surface area (Å²) in [6, 6.07) is 8.35. The molecule has 10 nitrogen and oxygen atoms in total. The monoisotopic (exact) mass is 688 g/mol. The van der Waals surface area contributed by atoms with Crippen LogP contribution in [0.5, 0.6) is 0 Å². The van der Waals surface area contributed by atoms with E-state index >= 15 is 0 Å². The van der Waals surface area contributed by atoms with E-state index in [1.54, 1.807) is 30.5 Å². The number of nitrogens with zero attached hydrogens (tertiary/aromatic N) is 4. The zero-order chi connectivity index (χ0) is 33.0. The quantitative estimate of drug-likeness (QED) is 0.166. The van der Waals surface area contributed by atoms with Crippen molar-refractivity contribution in [1.82, 2.24) is 30.4 Å². The lowest BCUT2D eigenvalue weighted by Gasteiger charge is -2.31. The van der Waals surface area contributed by atoms with E-state index in [4.69, 9.17) is 28.2 Å². The Hall–Kier alpha value is -3.97. The molecule has 4 aromatic rings. The topological polar surface area (TPSA) is 120 Å². The first kappa shape index (κ1) is 31.6. The highest BCUT2D eigenvalue weighted by molar-refractivity contribution is 6.39. The lowest BCUT2D eigenvalue weighted by molar-refractivity contribution is -0.182. The molecule has 0 radical (unpaired) electrons. The van der Waals surface area contributed by atoms with Gasteiger partial charge in [0, 0.05) is 38.9 Å². The minimum Gasteiger partial charge on any atom is -0.370 e. The standard InChI is InChI=1S/C32H33Cl2F3N8O2/c1-44-26-12-25(45-14-17-10-18(17)15-45)21(29(46)40-20-5-3-19(4-6-20)32(35,36)37)11-24(26)41-31(44)42-28-22(33)7-2-16(27(28)34)13-38-30(47)23-8-9-39-43-23/h2,7-9,11-12,17-20H,3-6,10,13-15H2,1H3,(H,38,47)(H,39,43)(H,40,46)(H,41,42)/t17?,18?,19-,20-. The fourth-order valence-corrected chi connectivity index (χ4v) is 7.35. The Bertz CT molecular complexity index is 1830. The molecule has 2 unspecified atom stereocenters. The van der Waals surface area contributed by atoms with Crippen molar-refractivity contribution >= 4 is 63.4 Å². The first-order valence-corrected chi connectivity index (χ1v) is 16.4. The summed E-state index contributed by atoms with van der Waals surface area (Å²) in [5.41, 5.74) is 3.85. The minimum atomic E-state index is -4.21. The van der Waals surface area contributed by atoms with E-state index in [2.05, 4.69) is 31.0 Å². The van der Waals surface area contributed by atoms with Gasteiger partial charge in [-0.1, -0.05) is 29.3 Å². The number of hydrogen-bond donors (Lipinski definition) is 4. The predicted molar refractivity (Wildman–Crippen MR) is 173 cm³/mol. The van der Waals surface area contributed by atoms with Crippen LogP contribution in [0.1, 0.15) is 58.5 Å². The Morgan fingerprint density at radius 3 is 2.47 bits per heavy atom. The summed E-state index contributed by atoms with van der Waals surface area (Å²) in [6.45, 7) is 1.84. The van der Waals surface area contributed by atoms with Crippen LogP contribution in [0.25, 0.3) is 11.0 Å². The predicted octanol–water partition coefficient (Wildman–Crippen LogP) is 6.58. The number of alkyl halides is 3. The average Bonchev–Trinajstić information content (AvgIpc) is 3.38. The Morgan fingerprint density at radius 2 is 1.79 bits per heavy atom. The number of imidazole rings is 1. The van der Waals surface area contributed by atoms with Crippen molar-refractivity contribution in [2.75, 3.05) is 23.3 Å². The number of hydrogen-bond acceptors (Lipinski definition) is 6. The summed E-state index contributed by atoms with van der Waals surface area (Å²) in [6.07, 6.45) is -0.877. The molecular formula is C32H33Cl2F3N8O2. The van der Waals surface area contributed by atoms with E-state index in [9.17, 15) is 22.8 Å². The molecule has 2 saturated carbocycles. The molecule has 2 aromatic heterocycles. The van der Waals surface area contributed by atoms with Gasteiger partial charge in [0.15, 0.2) is 0 Å². The number of carbonyl (C=O) groups excluding carboxylic acids is 2. The molecule has 4 N–H and O–H groups in total. The largest absolute Gasteiger partial charge is 0.391 e. The number of nitrogens with one attached hydrogen (secondary N) is 4. The number of aromatic nitrogens is 4. The number of rotatable bonds is 8. The van der Waals surface area contributed by atoms with E-state index in [1.165, 1.54) is 6.42 Å². The zero-order valence-electron chi connectivity index (χ0n) is 25.4. The van der Waals surface area contributed by atoms with E-state index in [1.807, 2.05) is 17.7 Å². The van der Waals surface area contributed by atoms with Crippen LogP contribution >= 0.6 is 23.2 Å². The second-order valence-corrected chi connectivity index (χ2v) is 13.5. The number of H-pyrrole nitrogens is 1. The fraction of sp³-hybridized carbons (Fsp3) is 0.438. The second kappa shape index (κ2) is 12.2. The molecule has 1 saturated heterocycles. The highest BCUT2D eigenvalue weighted by Crippen LogP contribution is 2.47. The zero-order valence-corrected chi connectivity index (χ0v) is 26.9. The van der Waals surface area contributed by atoms with Gasteiger partial charge in [-0.05, 0) is 73.8 Å². The SMILES string of the molecule is Cn1c(Nc2c(Cl)ccc(CNC(=O)c3cc[nH]n3)c2Cl)nc2cc(C(=O)N[C@H]3CC[C@H](C(F)(F)F)CC3)c(N3CC4CC4C3)cc21. The molecule has 15 heteroatoms. The Labute approximate surface area is 278 Å². The first-order chi connectivity index (χ1) is 22.5. The number of aryl methyl sites for hydroxylation is 1. The van der Waals surface area contributed by atoms with Crippen molar-refractivity contribution in [3.05, 3.63) is 63.4 Å². The van der Waals surface area contributed by atoms with Gasteiger partial charge in [0.05, 0.1) is 43.9 Å². The van der Waals surface area contributed by atoms with Crippen molar-refractivity contribution in [2.24, 2.45) is 24.8 Å². The van der Waals surface area contributed by atoms with Crippen molar-refractivity contribution < 1.29 is 22.8 Å². The first-order valence-electron chi connectivity index (χ1n) is 15.6. The third kappa shape index (κ3) is 6.34. The molecule has 47 heavy (non-hydrogen) atoms. The molecule has 2 aliphatic carbocycles. The minimum absolute atomic E-state index is 0.00784. The molecular weight excluding hydrogens is 656 g/mol. The van der Waals surface area contributed by atoms with Crippen LogP contribution < -0.4 is 20.9 Å². The van der Waals surface area contributed by atoms with Crippen molar-refractivity contribution in [1.29, 1.82) is 0 Å². The molecule has 3 heterocycles. The number of benzene rings is 2. The molecule has 7 rings (SSSR count). The number of aromatic amines is 1. The molecule has 2 atom stereocenters. The smallest absolute Gasteiger partial charge is 0.370 e. The van der Waals surface area contributed by atoms with Gasteiger partial charge < -0.3 is 25.4 Å². The maximum Gasteiger partial charge on any atom is 0.391 e.